The van der Waals surface area contributed by atoms with E-state index < -0.39 is 0 Å². The number of pyridine rings is 1. The maximum Gasteiger partial charge on any atom is 0.216 e. The molecule has 86 valence electrons. The molecule has 0 bridgehead atoms. The third-order valence-corrected chi connectivity index (χ3v) is 2.72. The van der Waals surface area contributed by atoms with Crippen LogP contribution in [0.1, 0.15) is 16.7 Å². The average molecular weight is 226 g/mol. The van der Waals surface area contributed by atoms with E-state index >= 15 is 0 Å². The van der Waals surface area contributed by atoms with Crippen molar-refractivity contribution in [1.82, 2.24) is 4.98 Å². The van der Waals surface area contributed by atoms with Crippen LogP contribution < -0.4 is 0 Å². The molecule has 0 saturated heterocycles. The van der Waals surface area contributed by atoms with E-state index in [4.69, 9.17) is 0 Å². The third-order valence-electron chi connectivity index (χ3n) is 2.72. The smallest absolute Gasteiger partial charge is 0.216 e. The van der Waals surface area contributed by atoms with Gasteiger partial charge in [0.25, 0.3) is 0 Å². The van der Waals surface area contributed by atoms with E-state index in [1.807, 2.05) is 32.0 Å². The molecule has 2 rings (SSSR count). The van der Waals surface area contributed by atoms with Crippen LogP contribution in [-0.4, -0.2) is 15.9 Å². The fraction of sp³-hybridized carbons (Fsp3) is 0.143. The first-order valence-electron chi connectivity index (χ1n) is 5.45. The number of benzene rings is 1. The molecule has 3 nitrogen and oxygen atoms in total. The molecule has 0 aliphatic carbocycles. The van der Waals surface area contributed by atoms with Crippen molar-refractivity contribution in [2.75, 3.05) is 0 Å². The Morgan fingerprint density at radius 1 is 1.06 bits per heavy atom. The minimum Gasteiger partial charge on any atom is -0.618 e. The quantitative estimate of drug-likeness (QED) is 0.342. The van der Waals surface area contributed by atoms with Gasteiger partial charge < -0.3 is 5.21 Å². The topological polar surface area (TPSA) is 39.0 Å². The van der Waals surface area contributed by atoms with Gasteiger partial charge in [0, 0.05) is 30.1 Å². The molecule has 1 heterocycles. The SMILES string of the molecule is Cc1ccc(/[N+]([O-])=C/c2ccncc2)cc1C. The molecule has 0 unspecified atom stereocenters. The van der Waals surface area contributed by atoms with Crippen molar-refractivity contribution >= 4 is 11.9 Å². The van der Waals surface area contributed by atoms with Gasteiger partial charge in [-0.05, 0) is 37.1 Å². The van der Waals surface area contributed by atoms with Gasteiger partial charge in [-0.2, -0.15) is 4.74 Å². The molecule has 2 aromatic rings. The molecule has 0 spiro atoms. The lowest BCUT2D eigenvalue weighted by molar-refractivity contribution is -0.354. The van der Waals surface area contributed by atoms with Gasteiger partial charge in [0.15, 0.2) is 6.21 Å². The molecule has 0 radical (unpaired) electrons. The normalized spacial score (nSPS) is 11.5. The summed E-state index contributed by atoms with van der Waals surface area (Å²) in [6.07, 6.45) is 4.88. The van der Waals surface area contributed by atoms with Crippen LogP contribution in [0.25, 0.3) is 0 Å². The average Bonchev–Trinajstić information content (AvgIpc) is 2.34. The van der Waals surface area contributed by atoms with Gasteiger partial charge >= 0.3 is 0 Å². The van der Waals surface area contributed by atoms with E-state index in [-0.39, 0.29) is 0 Å². The van der Waals surface area contributed by atoms with Gasteiger partial charge in [0.1, 0.15) is 0 Å². The predicted molar refractivity (Wildman–Crippen MR) is 68.6 cm³/mol. The van der Waals surface area contributed by atoms with E-state index in [1.165, 1.54) is 5.56 Å². The number of nitrogens with zero attached hydrogens (tertiary/aromatic N) is 2. The summed E-state index contributed by atoms with van der Waals surface area (Å²) in [5.74, 6) is 0. The summed E-state index contributed by atoms with van der Waals surface area (Å²) in [6, 6.07) is 9.26. The van der Waals surface area contributed by atoms with Crippen LogP contribution in [0.3, 0.4) is 0 Å². The Bertz CT molecular complexity index is 547. The first kappa shape index (κ1) is 11.3. The summed E-state index contributed by atoms with van der Waals surface area (Å²) in [6.45, 7) is 4.03. The highest BCUT2D eigenvalue weighted by atomic mass is 16.5. The lowest BCUT2D eigenvalue weighted by atomic mass is 10.1. The van der Waals surface area contributed by atoms with Crippen LogP contribution in [0.2, 0.25) is 0 Å². The molecule has 0 fully saturated rings. The van der Waals surface area contributed by atoms with Crippen LogP contribution >= 0.6 is 0 Å². The summed E-state index contributed by atoms with van der Waals surface area (Å²) in [7, 11) is 0. The molecule has 0 amide bonds. The number of aryl methyl sites for hydroxylation is 2. The maximum atomic E-state index is 11.9. The first-order chi connectivity index (χ1) is 8.16. The summed E-state index contributed by atoms with van der Waals surface area (Å²) in [5, 5.41) is 11.9. The largest absolute Gasteiger partial charge is 0.618 e. The van der Waals surface area contributed by atoms with Crippen LogP contribution in [-0.2, 0) is 0 Å². The minimum atomic E-state index is 0.643. The summed E-state index contributed by atoms with van der Waals surface area (Å²) in [4.78, 5) is 3.91. The molecule has 1 aromatic heterocycles. The maximum absolute atomic E-state index is 11.9. The number of hydrogen-bond donors (Lipinski definition) is 0. The summed E-state index contributed by atoms with van der Waals surface area (Å²) in [5.41, 5.74) is 3.79. The fourth-order valence-corrected chi connectivity index (χ4v) is 1.52. The van der Waals surface area contributed by atoms with Gasteiger partial charge in [-0.25, -0.2) is 0 Å². The van der Waals surface area contributed by atoms with Gasteiger partial charge in [-0.3, -0.25) is 4.98 Å². The second-order valence-electron chi connectivity index (χ2n) is 4.00. The van der Waals surface area contributed by atoms with Gasteiger partial charge in [0.05, 0.1) is 0 Å². The molecule has 17 heavy (non-hydrogen) atoms. The number of hydrogen-bond acceptors (Lipinski definition) is 2. The van der Waals surface area contributed by atoms with Crippen molar-refractivity contribution in [1.29, 1.82) is 0 Å². The summed E-state index contributed by atoms with van der Waals surface area (Å²) < 4.78 is 0.877. The Kier molecular flexibility index (Phi) is 3.19. The second-order valence-corrected chi connectivity index (χ2v) is 4.00. The standard InChI is InChI=1S/C14H14N2O/c1-11-3-4-14(9-12(11)2)16(17)10-13-5-7-15-8-6-13/h3-10H,1-2H3/b16-10-. The third kappa shape index (κ3) is 2.69. The van der Waals surface area contributed by atoms with Crippen LogP contribution in [0, 0.1) is 19.1 Å². The Morgan fingerprint density at radius 3 is 2.41 bits per heavy atom. The van der Waals surface area contributed by atoms with E-state index in [9.17, 15) is 5.21 Å². The first-order valence-corrected chi connectivity index (χ1v) is 5.45. The van der Waals surface area contributed by atoms with Gasteiger partial charge in [0.2, 0.25) is 5.69 Å². The predicted octanol–water partition coefficient (Wildman–Crippen LogP) is 2.96. The molecule has 0 N–H and O–H groups in total. The van der Waals surface area contributed by atoms with Crippen molar-refractivity contribution in [3.05, 3.63) is 64.6 Å². The molecule has 1 aromatic carbocycles. The van der Waals surface area contributed by atoms with Crippen molar-refractivity contribution in [2.24, 2.45) is 0 Å². The lowest BCUT2D eigenvalue weighted by Crippen LogP contribution is -1.99. The highest BCUT2D eigenvalue weighted by Crippen LogP contribution is 2.16. The van der Waals surface area contributed by atoms with E-state index in [0.29, 0.717) is 5.69 Å². The van der Waals surface area contributed by atoms with E-state index in [1.54, 1.807) is 30.7 Å². The molecule has 0 aliphatic rings. The zero-order valence-electron chi connectivity index (χ0n) is 9.92. The van der Waals surface area contributed by atoms with E-state index in [0.717, 1.165) is 15.9 Å². The Hall–Kier alpha value is -2.16. The fourth-order valence-electron chi connectivity index (χ4n) is 1.52. The molecular formula is C14H14N2O. The van der Waals surface area contributed by atoms with E-state index in [2.05, 4.69) is 4.98 Å². The summed E-state index contributed by atoms with van der Waals surface area (Å²) >= 11 is 0. The Balaban J connectivity index is 2.34. The monoisotopic (exact) mass is 226 g/mol. The zero-order chi connectivity index (χ0) is 12.3. The Labute approximate surface area is 101 Å². The Morgan fingerprint density at radius 2 is 1.76 bits per heavy atom. The van der Waals surface area contributed by atoms with Crippen LogP contribution in [0.5, 0.6) is 0 Å². The van der Waals surface area contributed by atoms with Crippen molar-refractivity contribution < 1.29 is 4.74 Å². The van der Waals surface area contributed by atoms with Crippen molar-refractivity contribution in [3.8, 4) is 0 Å². The molecule has 0 aliphatic heterocycles. The zero-order valence-corrected chi connectivity index (χ0v) is 9.92. The highest BCUT2D eigenvalue weighted by Gasteiger charge is 2.03. The lowest BCUT2D eigenvalue weighted by Gasteiger charge is -2.05. The molecular weight excluding hydrogens is 212 g/mol. The number of rotatable bonds is 2. The molecule has 0 atom stereocenters. The number of aromatic nitrogens is 1. The molecule has 0 saturated carbocycles. The van der Waals surface area contributed by atoms with Crippen LogP contribution in [0.4, 0.5) is 5.69 Å². The van der Waals surface area contributed by atoms with Crippen molar-refractivity contribution in [2.45, 2.75) is 13.8 Å². The van der Waals surface area contributed by atoms with Gasteiger partial charge in [-0.15, -0.1) is 0 Å². The van der Waals surface area contributed by atoms with Crippen LogP contribution in [0.15, 0.2) is 42.7 Å². The highest BCUT2D eigenvalue weighted by molar-refractivity contribution is 5.76. The van der Waals surface area contributed by atoms with Crippen molar-refractivity contribution in [3.63, 3.8) is 0 Å². The minimum absolute atomic E-state index is 0.643. The van der Waals surface area contributed by atoms with Gasteiger partial charge in [-0.1, -0.05) is 6.07 Å². The second kappa shape index (κ2) is 4.78. The molecule has 3 heteroatoms.